The molecule has 1 heterocycles. The van der Waals surface area contributed by atoms with E-state index in [0.29, 0.717) is 24.3 Å². The highest BCUT2D eigenvalue weighted by Crippen LogP contribution is 2.13. The van der Waals surface area contributed by atoms with Crippen LogP contribution in [0.25, 0.3) is 0 Å². The molecule has 122 valence electrons. The third-order valence-corrected chi connectivity index (χ3v) is 3.21. The van der Waals surface area contributed by atoms with Gasteiger partial charge in [-0.05, 0) is 38.7 Å². The molecule has 0 aliphatic rings. The highest BCUT2D eigenvalue weighted by atomic mass is 16.4. The Morgan fingerprint density at radius 3 is 2.50 bits per heavy atom. The zero-order chi connectivity index (χ0) is 16.9. The van der Waals surface area contributed by atoms with Gasteiger partial charge in [-0.15, -0.1) is 0 Å². The number of hydrogen-bond acceptors (Lipinski definition) is 3. The van der Waals surface area contributed by atoms with E-state index in [1.54, 1.807) is 19.9 Å². The van der Waals surface area contributed by atoms with Crippen molar-refractivity contribution in [1.82, 2.24) is 10.3 Å². The van der Waals surface area contributed by atoms with Gasteiger partial charge in [0.2, 0.25) is 5.56 Å². The van der Waals surface area contributed by atoms with Gasteiger partial charge in [0.1, 0.15) is 0 Å². The first-order chi connectivity index (χ1) is 10.1. The minimum Gasteiger partial charge on any atom is -0.481 e. The Morgan fingerprint density at radius 1 is 1.32 bits per heavy atom. The van der Waals surface area contributed by atoms with E-state index in [2.05, 4.69) is 10.3 Å². The van der Waals surface area contributed by atoms with Crippen LogP contribution in [-0.4, -0.2) is 27.5 Å². The van der Waals surface area contributed by atoms with Crippen molar-refractivity contribution in [2.24, 2.45) is 5.92 Å². The number of rotatable bonds is 7. The van der Waals surface area contributed by atoms with Gasteiger partial charge in [-0.25, -0.2) is 0 Å². The first-order valence-corrected chi connectivity index (χ1v) is 7.36. The number of aromatic nitrogens is 1. The van der Waals surface area contributed by atoms with Gasteiger partial charge in [0.15, 0.2) is 0 Å². The first kappa shape index (κ1) is 17.9. The molecule has 1 rings (SSSR count). The molecular weight excluding hydrogens is 284 g/mol. The van der Waals surface area contributed by atoms with Crippen LogP contribution in [0, 0.1) is 5.92 Å². The molecule has 0 saturated heterocycles. The quantitative estimate of drug-likeness (QED) is 0.717. The van der Waals surface area contributed by atoms with Crippen LogP contribution in [0.5, 0.6) is 0 Å². The van der Waals surface area contributed by atoms with Crippen LogP contribution in [0.1, 0.15) is 56.6 Å². The molecule has 1 aromatic heterocycles. The highest BCUT2D eigenvalue weighted by Gasteiger charge is 2.22. The number of aromatic amines is 1. The second-order valence-electron chi connectivity index (χ2n) is 6.59. The minimum atomic E-state index is -0.905. The van der Waals surface area contributed by atoms with E-state index in [-0.39, 0.29) is 17.9 Å². The van der Waals surface area contributed by atoms with Crippen molar-refractivity contribution in [3.05, 3.63) is 33.7 Å². The summed E-state index contributed by atoms with van der Waals surface area (Å²) in [5, 5.41) is 11.5. The van der Waals surface area contributed by atoms with Crippen LogP contribution in [0.3, 0.4) is 0 Å². The second kappa shape index (κ2) is 7.24. The molecule has 0 bridgehead atoms. The van der Waals surface area contributed by atoms with Gasteiger partial charge in [-0.3, -0.25) is 14.4 Å². The summed E-state index contributed by atoms with van der Waals surface area (Å²) >= 11 is 0. The number of amides is 1. The zero-order valence-electron chi connectivity index (χ0n) is 13.5. The molecule has 1 amide bonds. The van der Waals surface area contributed by atoms with Gasteiger partial charge in [0.25, 0.3) is 5.91 Å². The number of nitrogens with one attached hydrogen (secondary N) is 2. The molecule has 0 aliphatic carbocycles. The van der Waals surface area contributed by atoms with Gasteiger partial charge >= 0.3 is 5.97 Å². The molecule has 6 heteroatoms. The summed E-state index contributed by atoms with van der Waals surface area (Å²) in [6.45, 7) is 7.58. The molecule has 3 N–H and O–H groups in total. The van der Waals surface area contributed by atoms with E-state index < -0.39 is 11.5 Å². The molecule has 1 aromatic rings. The molecule has 22 heavy (non-hydrogen) atoms. The molecule has 0 spiro atoms. The van der Waals surface area contributed by atoms with E-state index in [1.165, 1.54) is 6.07 Å². The maximum absolute atomic E-state index is 12.3. The summed E-state index contributed by atoms with van der Waals surface area (Å²) in [4.78, 5) is 37.3. The summed E-state index contributed by atoms with van der Waals surface area (Å²) in [6, 6.07) is 2.93. The first-order valence-electron chi connectivity index (χ1n) is 7.36. The van der Waals surface area contributed by atoms with Crippen molar-refractivity contribution in [3.8, 4) is 0 Å². The predicted octanol–water partition coefficient (Wildman–Crippen LogP) is 1.95. The highest BCUT2D eigenvalue weighted by molar-refractivity contribution is 5.94. The van der Waals surface area contributed by atoms with Crippen LogP contribution >= 0.6 is 0 Å². The lowest BCUT2D eigenvalue weighted by atomic mass is 9.97. The predicted molar refractivity (Wildman–Crippen MR) is 84.0 cm³/mol. The molecule has 0 atom stereocenters. The van der Waals surface area contributed by atoms with Crippen LogP contribution in [0.15, 0.2) is 16.9 Å². The van der Waals surface area contributed by atoms with Crippen molar-refractivity contribution in [2.75, 3.05) is 0 Å². The normalized spacial score (nSPS) is 11.5. The molecule has 0 aromatic carbocycles. The maximum Gasteiger partial charge on any atom is 0.303 e. The molecule has 0 radical (unpaired) electrons. The summed E-state index contributed by atoms with van der Waals surface area (Å²) in [6.07, 6.45) is 0.968. The largest absolute Gasteiger partial charge is 0.481 e. The van der Waals surface area contributed by atoms with Crippen LogP contribution in [0.4, 0.5) is 0 Å². The van der Waals surface area contributed by atoms with E-state index >= 15 is 0 Å². The second-order valence-corrected chi connectivity index (χ2v) is 6.59. The molecule has 0 saturated carbocycles. The van der Waals surface area contributed by atoms with Crippen molar-refractivity contribution in [3.63, 3.8) is 0 Å². The number of carbonyl (C=O) groups excluding carboxylic acids is 1. The summed E-state index contributed by atoms with van der Waals surface area (Å²) in [7, 11) is 0. The number of carboxylic acids is 1. The Bertz CT molecular complexity index is 602. The van der Waals surface area contributed by atoms with Crippen molar-refractivity contribution < 1.29 is 14.7 Å². The number of pyridine rings is 1. The van der Waals surface area contributed by atoms with Crippen LogP contribution in [-0.2, 0) is 11.2 Å². The van der Waals surface area contributed by atoms with Crippen LogP contribution < -0.4 is 10.9 Å². The average molecular weight is 308 g/mol. The number of aliphatic carboxylic acids is 1. The fraction of sp³-hybridized carbons (Fsp3) is 0.562. The number of carbonyl (C=O) groups is 2. The third kappa shape index (κ3) is 6.11. The minimum absolute atomic E-state index is 0.0265. The topological polar surface area (TPSA) is 99.3 Å². The third-order valence-electron chi connectivity index (χ3n) is 3.21. The number of hydrogen-bond donors (Lipinski definition) is 3. The average Bonchev–Trinajstić information content (AvgIpc) is 2.34. The SMILES string of the molecule is CC(C)Cc1cc(C(=O)NC(C)(C)CCC(=O)O)cc(=O)[nH]1. The number of carboxylic acid groups (broad SMARTS) is 1. The van der Waals surface area contributed by atoms with E-state index in [1.807, 2.05) is 13.8 Å². The molecule has 0 aliphatic heterocycles. The summed E-state index contributed by atoms with van der Waals surface area (Å²) < 4.78 is 0. The van der Waals surface area contributed by atoms with E-state index in [0.717, 1.165) is 5.69 Å². The molecule has 0 unspecified atom stereocenters. The zero-order valence-corrected chi connectivity index (χ0v) is 13.5. The molecule has 0 fully saturated rings. The van der Waals surface area contributed by atoms with Gasteiger partial charge in [0.05, 0.1) is 0 Å². The van der Waals surface area contributed by atoms with E-state index in [4.69, 9.17) is 5.11 Å². The fourth-order valence-electron chi connectivity index (χ4n) is 2.14. The van der Waals surface area contributed by atoms with Gasteiger partial charge in [-0.1, -0.05) is 13.8 Å². The standard InChI is InChI=1S/C16H24N2O4/c1-10(2)7-12-8-11(9-13(19)17-12)15(22)18-16(3,4)6-5-14(20)21/h8-10H,5-7H2,1-4H3,(H,17,19)(H,18,22)(H,20,21). The fourth-order valence-corrected chi connectivity index (χ4v) is 2.14. The lowest BCUT2D eigenvalue weighted by Gasteiger charge is -2.25. The maximum atomic E-state index is 12.3. The molecule has 6 nitrogen and oxygen atoms in total. The lowest BCUT2D eigenvalue weighted by molar-refractivity contribution is -0.137. The van der Waals surface area contributed by atoms with Crippen molar-refractivity contribution in [2.45, 2.75) is 52.5 Å². The monoisotopic (exact) mass is 308 g/mol. The summed E-state index contributed by atoms with van der Waals surface area (Å²) in [5.41, 5.74) is 0.0430. The molecular formula is C16H24N2O4. The van der Waals surface area contributed by atoms with Crippen molar-refractivity contribution >= 4 is 11.9 Å². The van der Waals surface area contributed by atoms with Gasteiger partial charge in [-0.2, -0.15) is 0 Å². The summed E-state index contributed by atoms with van der Waals surface area (Å²) in [5.74, 6) is -0.912. The Hall–Kier alpha value is -2.11. The van der Waals surface area contributed by atoms with Crippen LogP contribution in [0.2, 0.25) is 0 Å². The Labute approximate surface area is 129 Å². The number of H-pyrrole nitrogens is 1. The Balaban J connectivity index is 2.86. The Morgan fingerprint density at radius 2 is 1.95 bits per heavy atom. The smallest absolute Gasteiger partial charge is 0.303 e. The van der Waals surface area contributed by atoms with E-state index in [9.17, 15) is 14.4 Å². The van der Waals surface area contributed by atoms with Gasteiger partial charge < -0.3 is 15.4 Å². The Kier molecular flexibility index (Phi) is 5.91. The lowest BCUT2D eigenvalue weighted by Crippen LogP contribution is -2.44. The van der Waals surface area contributed by atoms with Crippen molar-refractivity contribution in [1.29, 1.82) is 0 Å². The van der Waals surface area contributed by atoms with Gasteiger partial charge in [0, 0.05) is 29.3 Å².